The van der Waals surface area contributed by atoms with Gasteiger partial charge in [-0.2, -0.15) is 9.97 Å². The molecule has 2 aromatic carbocycles. The molecule has 0 N–H and O–H groups in total. The largest absolute Gasteiger partial charge is 0.461 e. The first-order valence-corrected chi connectivity index (χ1v) is 16.0. The van der Waals surface area contributed by atoms with E-state index in [0.29, 0.717) is 66.7 Å². The Balaban J connectivity index is 1.19. The van der Waals surface area contributed by atoms with E-state index in [1.165, 1.54) is 29.7 Å². The van der Waals surface area contributed by atoms with Crippen LogP contribution in [0, 0.1) is 18.3 Å². The van der Waals surface area contributed by atoms with E-state index in [-0.39, 0.29) is 42.5 Å². The Morgan fingerprint density at radius 1 is 1.20 bits per heavy atom. The van der Waals surface area contributed by atoms with Gasteiger partial charge in [-0.15, -0.1) is 0 Å². The van der Waals surface area contributed by atoms with Crippen LogP contribution >= 0.6 is 0 Å². The molecule has 8 rings (SSSR count). The fourth-order valence-electron chi connectivity index (χ4n) is 8.54. The SMILES string of the molecule is [C-]#[N+]C[C@H]1CN(c2nc(OC[C@@]34CCCN3C[C@H](F)C4)nc3cc(-c4cccc5c4C[C@@H]4C[C@H]54)c(F)cc23)CCN1C(=O)C=C. The third kappa shape index (κ3) is 4.75. The van der Waals surface area contributed by atoms with E-state index in [4.69, 9.17) is 21.3 Å². The minimum atomic E-state index is -0.875. The maximum atomic E-state index is 16.1. The number of piperazine rings is 1. The summed E-state index contributed by atoms with van der Waals surface area (Å²) >= 11 is 0. The van der Waals surface area contributed by atoms with E-state index >= 15 is 4.39 Å². The fourth-order valence-corrected chi connectivity index (χ4v) is 8.54. The molecule has 45 heavy (non-hydrogen) atoms. The summed E-state index contributed by atoms with van der Waals surface area (Å²) in [5.41, 5.74) is 4.19. The molecule has 0 spiro atoms. The first-order chi connectivity index (χ1) is 21.9. The van der Waals surface area contributed by atoms with Gasteiger partial charge in [-0.25, -0.2) is 15.4 Å². The van der Waals surface area contributed by atoms with E-state index in [1.807, 2.05) is 23.1 Å². The van der Waals surface area contributed by atoms with E-state index in [1.54, 1.807) is 4.90 Å². The van der Waals surface area contributed by atoms with Gasteiger partial charge < -0.3 is 19.4 Å². The lowest BCUT2D eigenvalue weighted by atomic mass is 9.93. The number of aromatic nitrogens is 2. The first kappa shape index (κ1) is 28.4. The molecule has 10 heteroatoms. The van der Waals surface area contributed by atoms with Crippen molar-refractivity contribution in [3.63, 3.8) is 0 Å². The van der Waals surface area contributed by atoms with Crippen LogP contribution in [0.25, 0.3) is 26.9 Å². The second kappa shape index (κ2) is 10.8. The molecule has 2 aliphatic carbocycles. The molecule has 1 aromatic heterocycles. The highest BCUT2D eigenvalue weighted by atomic mass is 19.1. The van der Waals surface area contributed by atoms with Gasteiger partial charge in [0, 0.05) is 43.5 Å². The van der Waals surface area contributed by atoms with Gasteiger partial charge in [-0.1, -0.05) is 24.8 Å². The summed E-state index contributed by atoms with van der Waals surface area (Å²) in [5.74, 6) is 1.22. The Hall–Kier alpha value is -4.10. The number of nitrogens with zero attached hydrogens (tertiary/aromatic N) is 6. The van der Waals surface area contributed by atoms with Crippen molar-refractivity contribution >= 4 is 22.6 Å². The maximum Gasteiger partial charge on any atom is 0.319 e. The molecule has 4 fully saturated rings. The summed E-state index contributed by atoms with van der Waals surface area (Å²) in [6.07, 6.45) is 4.89. The zero-order valence-electron chi connectivity index (χ0n) is 25.2. The smallest absolute Gasteiger partial charge is 0.319 e. The van der Waals surface area contributed by atoms with Crippen LogP contribution in [0.15, 0.2) is 43.0 Å². The molecule has 5 aliphatic rings. The van der Waals surface area contributed by atoms with Crippen molar-refractivity contribution in [2.75, 3.05) is 50.8 Å². The van der Waals surface area contributed by atoms with Crippen LogP contribution in [0.4, 0.5) is 14.6 Å². The first-order valence-electron chi connectivity index (χ1n) is 16.0. The fraction of sp³-hybridized carbons (Fsp3) is 0.486. The van der Waals surface area contributed by atoms with Gasteiger partial charge >= 0.3 is 6.01 Å². The molecule has 232 valence electrons. The number of carbonyl (C=O) groups excluding carboxylic acids is 1. The summed E-state index contributed by atoms with van der Waals surface area (Å²) in [4.78, 5) is 31.7. The minimum Gasteiger partial charge on any atom is -0.461 e. The summed E-state index contributed by atoms with van der Waals surface area (Å²) in [6, 6.07) is 9.32. The zero-order valence-corrected chi connectivity index (χ0v) is 25.2. The number of rotatable bonds is 7. The number of amides is 1. The number of halogens is 2. The highest BCUT2D eigenvalue weighted by molar-refractivity contribution is 5.94. The molecule has 1 amide bonds. The van der Waals surface area contributed by atoms with Crippen LogP contribution in [0.3, 0.4) is 0 Å². The molecule has 4 heterocycles. The highest BCUT2D eigenvalue weighted by Gasteiger charge is 2.49. The van der Waals surface area contributed by atoms with Gasteiger partial charge in [0.25, 0.3) is 0 Å². The predicted octanol–water partition coefficient (Wildman–Crippen LogP) is 5.17. The van der Waals surface area contributed by atoms with E-state index < -0.39 is 6.17 Å². The molecule has 3 aromatic rings. The van der Waals surface area contributed by atoms with Crippen molar-refractivity contribution in [3.05, 3.63) is 71.3 Å². The zero-order chi connectivity index (χ0) is 30.9. The Morgan fingerprint density at radius 3 is 2.93 bits per heavy atom. The van der Waals surface area contributed by atoms with Gasteiger partial charge in [-0.3, -0.25) is 9.69 Å². The number of fused-ring (bicyclic) bond motifs is 5. The number of ether oxygens (including phenoxy) is 1. The molecule has 8 nitrogen and oxygen atoms in total. The van der Waals surface area contributed by atoms with Gasteiger partial charge in [0.05, 0.1) is 11.1 Å². The van der Waals surface area contributed by atoms with Gasteiger partial charge in [-0.05, 0) is 79.0 Å². The Morgan fingerprint density at radius 2 is 2.09 bits per heavy atom. The number of benzene rings is 2. The molecular weight excluding hydrogens is 574 g/mol. The van der Waals surface area contributed by atoms with Crippen LogP contribution < -0.4 is 9.64 Å². The average Bonchev–Trinajstić information content (AvgIpc) is 3.38. The van der Waals surface area contributed by atoms with Crippen molar-refractivity contribution < 1.29 is 18.3 Å². The van der Waals surface area contributed by atoms with Gasteiger partial charge in [0.1, 0.15) is 30.5 Å². The third-order valence-electron chi connectivity index (χ3n) is 10.8. The van der Waals surface area contributed by atoms with Crippen LogP contribution in [-0.4, -0.2) is 89.3 Å². The van der Waals surface area contributed by atoms with Gasteiger partial charge in [0.15, 0.2) is 0 Å². The minimum absolute atomic E-state index is 0.130. The average molecular weight is 611 g/mol. The standard InChI is InChI=1S/C35H36F2N6O2/c1-3-32(44)43-11-10-41(19-23(43)17-38-2)33-29-14-30(37)28(25-7-4-6-24-26-12-21(26)13-27(24)25)15-31(29)39-34(40-33)45-20-35-8-5-9-42(35)18-22(36)16-35/h3-4,6-7,14-15,21-23,26H,1,5,8-13,16-20H2/t21-,22+,23-,26-,35-/m0/s1. The molecule has 5 atom stereocenters. The quantitative estimate of drug-likeness (QED) is 0.272. The molecular formula is C35H36F2N6O2. The summed E-state index contributed by atoms with van der Waals surface area (Å²) < 4.78 is 36.9. The topological polar surface area (TPSA) is 66.2 Å². The number of hydrogen-bond donors (Lipinski definition) is 0. The summed E-state index contributed by atoms with van der Waals surface area (Å²) in [6.45, 7) is 14.0. The lowest BCUT2D eigenvalue weighted by molar-refractivity contribution is -0.128. The second-order valence-electron chi connectivity index (χ2n) is 13.4. The van der Waals surface area contributed by atoms with Crippen molar-refractivity contribution in [1.82, 2.24) is 19.8 Å². The molecule has 3 aliphatic heterocycles. The van der Waals surface area contributed by atoms with Crippen LogP contribution in [0.5, 0.6) is 6.01 Å². The number of carbonyl (C=O) groups is 1. The summed E-state index contributed by atoms with van der Waals surface area (Å²) in [5, 5.41) is 0.550. The molecule has 1 saturated carbocycles. The Bertz CT molecular complexity index is 1760. The van der Waals surface area contributed by atoms with Crippen molar-refractivity contribution in [1.29, 1.82) is 0 Å². The van der Waals surface area contributed by atoms with E-state index in [0.717, 1.165) is 31.4 Å². The van der Waals surface area contributed by atoms with Crippen molar-refractivity contribution in [2.24, 2.45) is 5.92 Å². The third-order valence-corrected chi connectivity index (χ3v) is 10.8. The summed E-state index contributed by atoms with van der Waals surface area (Å²) in [7, 11) is 0. The van der Waals surface area contributed by atoms with E-state index in [2.05, 4.69) is 22.4 Å². The Kier molecular flexibility index (Phi) is 6.79. The van der Waals surface area contributed by atoms with Crippen molar-refractivity contribution in [2.45, 2.75) is 55.8 Å². The van der Waals surface area contributed by atoms with Crippen LogP contribution in [0.1, 0.15) is 42.7 Å². The van der Waals surface area contributed by atoms with Crippen molar-refractivity contribution in [3.8, 4) is 17.1 Å². The molecule has 3 saturated heterocycles. The predicted molar refractivity (Wildman–Crippen MR) is 167 cm³/mol. The van der Waals surface area contributed by atoms with Crippen LogP contribution in [-0.2, 0) is 11.2 Å². The molecule has 0 bridgehead atoms. The molecule has 0 unspecified atom stereocenters. The normalized spacial score (nSPS) is 28.5. The van der Waals surface area contributed by atoms with E-state index in [9.17, 15) is 9.18 Å². The number of alkyl halides is 1. The monoisotopic (exact) mass is 610 g/mol. The lowest BCUT2D eigenvalue weighted by Gasteiger charge is -2.39. The number of hydrogen-bond acceptors (Lipinski definition) is 6. The number of anilines is 1. The maximum absolute atomic E-state index is 16.1. The lowest BCUT2D eigenvalue weighted by Crippen LogP contribution is -2.56. The highest BCUT2D eigenvalue weighted by Crippen LogP contribution is 2.58. The second-order valence-corrected chi connectivity index (χ2v) is 13.4. The van der Waals surface area contributed by atoms with Crippen LogP contribution in [0.2, 0.25) is 0 Å². The van der Waals surface area contributed by atoms with Gasteiger partial charge in [0.2, 0.25) is 12.5 Å². The molecule has 0 radical (unpaired) electrons. The Labute approximate surface area is 261 Å².